The van der Waals surface area contributed by atoms with Crippen molar-refractivity contribution < 1.29 is 0 Å². The Morgan fingerprint density at radius 2 is 1.86 bits per heavy atom. The van der Waals surface area contributed by atoms with Crippen molar-refractivity contribution in [3.8, 4) is 0 Å². The molecule has 0 aromatic heterocycles. The van der Waals surface area contributed by atoms with E-state index in [4.69, 9.17) is 11.6 Å². The van der Waals surface area contributed by atoms with Gasteiger partial charge in [0.2, 0.25) is 0 Å². The van der Waals surface area contributed by atoms with Gasteiger partial charge in [-0.25, -0.2) is 0 Å². The summed E-state index contributed by atoms with van der Waals surface area (Å²) < 4.78 is 0. The third kappa shape index (κ3) is 7.87. The molecule has 1 aromatic carbocycles. The Hall–Kier alpha value is -0.530. The molecule has 0 saturated carbocycles. The molecular weight excluding hydrogens is 278 g/mol. The first-order chi connectivity index (χ1) is 9.81. The van der Waals surface area contributed by atoms with Crippen molar-refractivity contribution in [3.63, 3.8) is 0 Å². The standard InChI is InChI=1S/C19H32ClN/c1-6-11-21-17(12-15(2)14-19(3,4)5)13-16-9-7-8-10-18(16)20/h7-10,15,17,21H,6,11-14H2,1-5H3. The van der Waals surface area contributed by atoms with Gasteiger partial charge in [-0.2, -0.15) is 0 Å². The molecule has 0 aliphatic heterocycles. The molecule has 1 nitrogen and oxygen atoms in total. The Balaban J connectivity index is 2.65. The van der Waals surface area contributed by atoms with Crippen LogP contribution in [0, 0.1) is 11.3 Å². The third-order valence-corrected chi connectivity index (χ3v) is 4.12. The zero-order valence-corrected chi connectivity index (χ0v) is 15.1. The minimum atomic E-state index is 0.402. The highest BCUT2D eigenvalue weighted by atomic mass is 35.5. The van der Waals surface area contributed by atoms with Gasteiger partial charge in [0.25, 0.3) is 0 Å². The van der Waals surface area contributed by atoms with E-state index in [1.54, 1.807) is 0 Å². The molecule has 0 heterocycles. The van der Waals surface area contributed by atoms with E-state index < -0.39 is 0 Å². The maximum atomic E-state index is 6.32. The molecule has 0 aliphatic rings. The second-order valence-corrected chi connectivity index (χ2v) is 7.96. The lowest BCUT2D eigenvalue weighted by Crippen LogP contribution is -2.34. The van der Waals surface area contributed by atoms with Gasteiger partial charge < -0.3 is 5.32 Å². The molecule has 0 aliphatic carbocycles. The second-order valence-electron chi connectivity index (χ2n) is 7.55. The van der Waals surface area contributed by atoms with E-state index in [1.165, 1.54) is 24.8 Å². The minimum Gasteiger partial charge on any atom is -0.314 e. The molecule has 0 amide bonds. The van der Waals surface area contributed by atoms with E-state index in [0.29, 0.717) is 11.5 Å². The van der Waals surface area contributed by atoms with Gasteiger partial charge in [-0.05, 0) is 55.2 Å². The number of halogens is 1. The van der Waals surface area contributed by atoms with Crippen molar-refractivity contribution in [2.45, 2.75) is 66.3 Å². The molecule has 0 spiro atoms. The highest BCUT2D eigenvalue weighted by Gasteiger charge is 2.19. The molecule has 0 saturated heterocycles. The molecule has 2 atom stereocenters. The third-order valence-electron chi connectivity index (χ3n) is 3.75. The van der Waals surface area contributed by atoms with E-state index in [1.807, 2.05) is 12.1 Å². The molecule has 2 unspecified atom stereocenters. The highest BCUT2D eigenvalue weighted by molar-refractivity contribution is 6.31. The van der Waals surface area contributed by atoms with E-state index in [-0.39, 0.29) is 0 Å². The van der Waals surface area contributed by atoms with Gasteiger partial charge in [0.05, 0.1) is 0 Å². The summed E-state index contributed by atoms with van der Waals surface area (Å²) in [5.74, 6) is 0.724. The van der Waals surface area contributed by atoms with Gasteiger partial charge in [0, 0.05) is 11.1 Å². The average molecular weight is 310 g/mol. The fourth-order valence-electron chi connectivity index (χ4n) is 3.13. The summed E-state index contributed by atoms with van der Waals surface area (Å²) in [6, 6.07) is 8.74. The first kappa shape index (κ1) is 18.5. The van der Waals surface area contributed by atoms with Crippen LogP contribution < -0.4 is 5.32 Å². The molecule has 0 fully saturated rings. The largest absolute Gasteiger partial charge is 0.314 e. The van der Waals surface area contributed by atoms with Crippen LogP contribution in [-0.2, 0) is 6.42 Å². The van der Waals surface area contributed by atoms with Crippen LogP contribution in [0.5, 0.6) is 0 Å². The highest BCUT2D eigenvalue weighted by Crippen LogP contribution is 2.28. The maximum Gasteiger partial charge on any atom is 0.0438 e. The average Bonchev–Trinajstić information content (AvgIpc) is 2.36. The zero-order valence-electron chi connectivity index (χ0n) is 14.4. The normalized spacial score (nSPS) is 15.0. The van der Waals surface area contributed by atoms with Crippen molar-refractivity contribution >= 4 is 11.6 Å². The summed E-state index contributed by atoms with van der Waals surface area (Å²) in [5.41, 5.74) is 1.66. The quantitative estimate of drug-likeness (QED) is 0.648. The predicted octanol–water partition coefficient (Wildman–Crippen LogP) is 5.71. The summed E-state index contributed by atoms with van der Waals surface area (Å²) in [6.45, 7) is 12.7. The van der Waals surface area contributed by atoms with Crippen molar-refractivity contribution in [1.82, 2.24) is 5.32 Å². The number of benzene rings is 1. The van der Waals surface area contributed by atoms with Crippen LogP contribution in [-0.4, -0.2) is 12.6 Å². The molecule has 0 bridgehead atoms. The minimum absolute atomic E-state index is 0.402. The van der Waals surface area contributed by atoms with Crippen molar-refractivity contribution in [2.24, 2.45) is 11.3 Å². The van der Waals surface area contributed by atoms with E-state index in [0.717, 1.165) is 23.9 Å². The molecule has 1 rings (SSSR count). The predicted molar refractivity (Wildman–Crippen MR) is 95.1 cm³/mol. The monoisotopic (exact) mass is 309 g/mol. The summed E-state index contributed by atoms with van der Waals surface area (Å²) in [7, 11) is 0. The fraction of sp³-hybridized carbons (Fsp3) is 0.684. The van der Waals surface area contributed by atoms with Crippen LogP contribution in [0.2, 0.25) is 5.02 Å². The van der Waals surface area contributed by atoms with Crippen LogP contribution in [0.3, 0.4) is 0 Å². The Kier molecular flexibility index (Phi) is 7.76. The SMILES string of the molecule is CCCNC(Cc1ccccc1Cl)CC(C)CC(C)(C)C. The van der Waals surface area contributed by atoms with Crippen LogP contribution >= 0.6 is 11.6 Å². The van der Waals surface area contributed by atoms with Crippen LogP contribution in [0.15, 0.2) is 24.3 Å². The summed E-state index contributed by atoms with van der Waals surface area (Å²) >= 11 is 6.32. The number of nitrogens with one attached hydrogen (secondary N) is 1. The lowest BCUT2D eigenvalue weighted by molar-refractivity contribution is 0.274. The van der Waals surface area contributed by atoms with Gasteiger partial charge in [-0.1, -0.05) is 64.4 Å². The Morgan fingerprint density at radius 1 is 1.19 bits per heavy atom. The molecule has 1 N–H and O–H groups in total. The number of hydrogen-bond acceptors (Lipinski definition) is 1. The smallest absolute Gasteiger partial charge is 0.0438 e. The van der Waals surface area contributed by atoms with Crippen molar-refractivity contribution in [1.29, 1.82) is 0 Å². The molecule has 0 radical (unpaired) electrons. The Labute approximate surface area is 136 Å². The van der Waals surface area contributed by atoms with Gasteiger partial charge in [-0.3, -0.25) is 0 Å². The van der Waals surface area contributed by atoms with Gasteiger partial charge in [-0.15, -0.1) is 0 Å². The first-order valence-corrected chi connectivity index (χ1v) is 8.66. The number of hydrogen-bond donors (Lipinski definition) is 1. The van der Waals surface area contributed by atoms with Crippen LogP contribution in [0.4, 0.5) is 0 Å². The molecule has 21 heavy (non-hydrogen) atoms. The van der Waals surface area contributed by atoms with Crippen molar-refractivity contribution in [2.75, 3.05) is 6.54 Å². The van der Waals surface area contributed by atoms with Gasteiger partial charge in [0.1, 0.15) is 0 Å². The summed E-state index contributed by atoms with van der Waals surface area (Å²) in [6.07, 6.45) is 4.67. The van der Waals surface area contributed by atoms with Crippen LogP contribution in [0.25, 0.3) is 0 Å². The van der Waals surface area contributed by atoms with E-state index >= 15 is 0 Å². The fourth-order valence-corrected chi connectivity index (χ4v) is 3.34. The summed E-state index contributed by atoms with van der Waals surface area (Å²) in [5, 5.41) is 4.60. The summed E-state index contributed by atoms with van der Waals surface area (Å²) in [4.78, 5) is 0. The first-order valence-electron chi connectivity index (χ1n) is 8.28. The lowest BCUT2D eigenvalue weighted by Gasteiger charge is -2.27. The molecule has 1 aromatic rings. The number of rotatable bonds is 8. The molecule has 120 valence electrons. The van der Waals surface area contributed by atoms with Crippen LogP contribution in [0.1, 0.15) is 59.4 Å². The van der Waals surface area contributed by atoms with E-state index in [2.05, 4.69) is 52.1 Å². The lowest BCUT2D eigenvalue weighted by atomic mass is 9.82. The second kappa shape index (κ2) is 8.80. The topological polar surface area (TPSA) is 12.0 Å². The van der Waals surface area contributed by atoms with E-state index in [9.17, 15) is 0 Å². The van der Waals surface area contributed by atoms with Crippen molar-refractivity contribution in [3.05, 3.63) is 34.9 Å². The Morgan fingerprint density at radius 3 is 2.43 bits per heavy atom. The van der Waals surface area contributed by atoms with Gasteiger partial charge >= 0.3 is 0 Å². The molecular formula is C19H32ClN. The van der Waals surface area contributed by atoms with Gasteiger partial charge in [0.15, 0.2) is 0 Å². The zero-order chi connectivity index (χ0) is 15.9. The maximum absolute atomic E-state index is 6.32. The molecule has 2 heteroatoms. The Bertz CT molecular complexity index is 408.